The molecule has 1 heterocycles. The van der Waals surface area contributed by atoms with Crippen LogP contribution in [0.2, 0.25) is 5.02 Å². The van der Waals surface area contributed by atoms with Crippen LogP contribution in [0.5, 0.6) is 5.75 Å². The minimum Gasteiger partial charge on any atom is -0.423 e. The fraction of sp³-hybridized carbons (Fsp3) is 0.318. The van der Waals surface area contributed by atoms with Crippen LogP contribution >= 0.6 is 11.6 Å². The summed E-state index contributed by atoms with van der Waals surface area (Å²) in [4.78, 5) is 39.0. The molecule has 2 amide bonds. The van der Waals surface area contributed by atoms with Gasteiger partial charge in [0.15, 0.2) is 0 Å². The van der Waals surface area contributed by atoms with E-state index in [9.17, 15) is 14.4 Å². The summed E-state index contributed by atoms with van der Waals surface area (Å²) in [5, 5.41) is 0.538. The Bertz CT molecular complexity index is 923. The molecule has 0 radical (unpaired) electrons. The zero-order valence-electron chi connectivity index (χ0n) is 15.4. The van der Waals surface area contributed by atoms with Crippen molar-refractivity contribution in [2.45, 2.75) is 26.2 Å². The zero-order chi connectivity index (χ0) is 19.8. The molecule has 5 nitrogen and oxygen atoms in total. The van der Waals surface area contributed by atoms with Crippen LogP contribution in [0.3, 0.4) is 0 Å². The molecule has 2 aromatic carbocycles. The van der Waals surface area contributed by atoms with E-state index in [1.54, 1.807) is 48.5 Å². The Morgan fingerprint density at radius 3 is 2.29 bits per heavy atom. The van der Waals surface area contributed by atoms with E-state index >= 15 is 0 Å². The van der Waals surface area contributed by atoms with Crippen LogP contribution in [-0.4, -0.2) is 17.8 Å². The van der Waals surface area contributed by atoms with Gasteiger partial charge >= 0.3 is 5.97 Å². The van der Waals surface area contributed by atoms with Gasteiger partial charge in [-0.1, -0.05) is 18.5 Å². The zero-order valence-corrected chi connectivity index (χ0v) is 16.2. The molecule has 0 N–H and O–H groups in total. The Hall–Kier alpha value is -2.66. The number of anilines is 1. The number of amides is 2. The number of halogens is 1. The van der Waals surface area contributed by atoms with Crippen LogP contribution in [0.1, 0.15) is 36.5 Å². The average Bonchev–Trinajstić information content (AvgIpc) is 2.93. The lowest BCUT2D eigenvalue weighted by molar-refractivity contribution is -0.122. The smallest absolute Gasteiger partial charge is 0.343 e. The molecule has 2 aliphatic rings. The van der Waals surface area contributed by atoms with Crippen molar-refractivity contribution in [3.8, 4) is 5.75 Å². The Balaban J connectivity index is 1.49. The van der Waals surface area contributed by atoms with Crippen LogP contribution in [-0.2, 0) is 9.59 Å². The molecule has 2 aromatic rings. The van der Waals surface area contributed by atoms with Crippen LogP contribution in [0.15, 0.2) is 48.5 Å². The van der Waals surface area contributed by atoms with Gasteiger partial charge in [0.25, 0.3) is 0 Å². The molecule has 6 heteroatoms. The molecule has 0 bridgehead atoms. The minimum atomic E-state index is -0.502. The summed E-state index contributed by atoms with van der Waals surface area (Å²) in [5.74, 6) is -0.343. The molecule has 3 atom stereocenters. The van der Waals surface area contributed by atoms with Crippen molar-refractivity contribution in [3.63, 3.8) is 0 Å². The Morgan fingerprint density at radius 1 is 0.964 bits per heavy atom. The van der Waals surface area contributed by atoms with Crippen molar-refractivity contribution >= 4 is 35.1 Å². The van der Waals surface area contributed by atoms with Gasteiger partial charge in [0.2, 0.25) is 11.8 Å². The normalized spacial score (nSPS) is 24.2. The highest BCUT2D eigenvalue weighted by molar-refractivity contribution is 6.30. The summed E-state index contributed by atoms with van der Waals surface area (Å²) in [7, 11) is 0. The number of ether oxygens (including phenoxy) is 1. The minimum absolute atomic E-state index is 0.118. The van der Waals surface area contributed by atoms with Crippen molar-refractivity contribution in [1.29, 1.82) is 0 Å². The van der Waals surface area contributed by atoms with E-state index in [1.807, 2.05) is 0 Å². The maximum Gasteiger partial charge on any atom is 0.343 e. The lowest BCUT2D eigenvalue weighted by Crippen LogP contribution is -2.30. The molecule has 1 saturated carbocycles. The van der Waals surface area contributed by atoms with Gasteiger partial charge in [0.05, 0.1) is 23.1 Å². The van der Waals surface area contributed by atoms with E-state index in [2.05, 4.69) is 6.92 Å². The molecule has 2 fully saturated rings. The van der Waals surface area contributed by atoms with E-state index in [4.69, 9.17) is 16.3 Å². The third-order valence-electron chi connectivity index (χ3n) is 5.57. The molecule has 0 unspecified atom stereocenters. The summed E-state index contributed by atoms with van der Waals surface area (Å²) < 4.78 is 5.35. The van der Waals surface area contributed by atoms with E-state index in [0.29, 0.717) is 27.9 Å². The predicted octanol–water partition coefficient (Wildman–Crippen LogP) is 4.48. The average molecular weight is 398 g/mol. The first kappa shape index (κ1) is 18.7. The maximum absolute atomic E-state index is 12.8. The van der Waals surface area contributed by atoms with Gasteiger partial charge in [-0.2, -0.15) is 0 Å². The van der Waals surface area contributed by atoms with Gasteiger partial charge in [0, 0.05) is 5.02 Å². The monoisotopic (exact) mass is 397 g/mol. The second kappa shape index (κ2) is 7.40. The molecule has 0 spiro atoms. The molecule has 1 saturated heterocycles. The highest BCUT2D eigenvalue weighted by atomic mass is 35.5. The van der Waals surface area contributed by atoms with E-state index in [1.165, 1.54) is 4.90 Å². The van der Waals surface area contributed by atoms with Crippen molar-refractivity contribution in [2.24, 2.45) is 17.8 Å². The molecular formula is C22H20ClNO4. The SMILES string of the molecule is C[C@@H]1CC[C@@H]2C(=O)N(c3ccc(OC(=O)c4ccc(Cl)cc4)cc3)C(=O)[C@H]2C1. The van der Waals surface area contributed by atoms with Crippen molar-refractivity contribution in [2.75, 3.05) is 4.90 Å². The number of rotatable bonds is 3. The number of imide groups is 1. The second-order valence-corrected chi connectivity index (χ2v) is 7.97. The van der Waals surface area contributed by atoms with Gasteiger partial charge in [0.1, 0.15) is 5.75 Å². The summed E-state index contributed by atoms with van der Waals surface area (Å²) in [6.07, 6.45) is 2.51. The van der Waals surface area contributed by atoms with E-state index in [0.717, 1.165) is 19.3 Å². The van der Waals surface area contributed by atoms with E-state index < -0.39 is 5.97 Å². The van der Waals surface area contributed by atoms with Crippen LogP contribution in [0.4, 0.5) is 5.69 Å². The largest absolute Gasteiger partial charge is 0.423 e. The number of hydrogen-bond donors (Lipinski definition) is 0. The number of esters is 1. The Labute approximate surface area is 168 Å². The number of fused-ring (bicyclic) bond motifs is 1. The molecule has 1 aliphatic heterocycles. The molecule has 28 heavy (non-hydrogen) atoms. The number of carbonyl (C=O) groups excluding carboxylic acids is 3. The predicted molar refractivity (Wildman–Crippen MR) is 105 cm³/mol. The van der Waals surface area contributed by atoms with Crippen molar-refractivity contribution in [1.82, 2.24) is 0 Å². The second-order valence-electron chi connectivity index (χ2n) is 7.53. The lowest BCUT2D eigenvalue weighted by atomic mass is 9.76. The third-order valence-corrected chi connectivity index (χ3v) is 5.83. The fourth-order valence-electron chi connectivity index (χ4n) is 4.06. The van der Waals surface area contributed by atoms with Gasteiger partial charge in [-0.25, -0.2) is 4.79 Å². The summed E-state index contributed by atoms with van der Waals surface area (Å²) >= 11 is 5.82. The van der Waals surface area contributed by atoms with Gasteiger partial charge < -0.3 is 4.74 Å². The third kappa shape index (κ3) is 3.42. The number of benzene rings is 2. The Morgan fingerprint density at radius 2 is 1.61 bits per heavy atom. The summed E-state index contributed by atoms with van der Waals surface area (Å²) in [6, 6.07) is 12.9. The number of nitrogens with zero attached hydrogens (tertiary/aromatic N) is 1. The van der Waals surface area contributed by atoms with Gasteiger partial charge in [-0.05, 0) is 73.7 Å². The Kier molecular flexibility index (Phi) is 4.94. The molecule has 144 valence electrons. The summed E-state index contributed by atoms with van der Waals surface area (Å²) in [6.45, 7) is 2.13. The fourth-order valence-corrected chi connectivity index (χ4v) is 4.19. The first-order chi connectivity index (χ1) is 13.4. The quantitative estimate of drug-likeness (QED) is 0.435. The van der Waals surface area contributed by atoms with Gasteiger partial charge in [-0.3, -0.25) is 14.5 Å². The van der Waals surface area contributed by atoms with Crippen molar-refractivity contribution < 1.29 is 19.1 Å². The van der Waals surface area contributed by atoms with Crippen LogP contribution in [0.25, 0.3) is 0 Å². The van der Waals surface area contributed by atoms with Gasteiger partial charge in [-0.15, -0.1) is 0 Å². The first-order valence-electron chi connectivity index (χ1n) is 9.39. The first-order valence-corrected chi connectivity index (χ1v) is 9.77. The highest BCUT2D eigenvalue weighted by Crippen LogP contribution is 2.42. The molecule has 1 aliphatic carbocycles. The number of carbonyl (C=O) groups is 3. The topological polar surface area (TPSA) is 63.7 Å². The summed E-state index contributed by atoms with van der Waals surface area (Å²) in [5.41, 5.74) is 0.903. The van der Waals surface area contributed by atoms with E-state index in [-0.39, 0.29) is 23.7 Å². The molecular weight excluding hydrogens is 378 g/mol. The molecule has 0 aromatic heterocycles. The lowest BCUT2D eigenvalue weighted by Gasteiger charge is -2.25. The highest BCUT2D eigenvalue weighted by Gasteiger charge is 2.49. The standard InChI is InChI=1S/C22H20ClNO4/c1-13-2-11-18-19(12-13)21(26)24(20(18)25)16-7-9-17(10-8-16)28-22(27)14-3-5-15(23)6-4-14/h3-10,13,18-19H,2,11-12H2,1H3/t13-,18+,19+/m1/s1. The molecule has 4 rings (SSSR count). The van der Waals surface area contributed by atoms with Crippen molar-refractivity contribution in [3.05, 3.63) is 59.1 Å². The van der Waals surface area contributed by atoms with Crippen LogP contribution in [0, 0.1) is 17.8 Å². The van der Waals surface area contributed by atoms with Crippen LogP contribution < -0.4 is 9.64 Å². The maximum atomic E-state index is 12.8. The number of hydrogen-bond acceptors (Lipinski definition) is 4.